The first-order valence-electron chi connectivity index (χ1n) is 28.3. The highest BCUT2D eigenvalue weighted by atomic mass is 16.7. The van der Waals surface area contributed by atoms with Crippen LogP contribution in [0.25, 0.3) is 0 Å². The van der Waals surface area contributed by atoms with E-state index in [4.69, 9.17) is 23.7 Å². The minimum Gasteiger partial charge on any atom is -0.479 e. The number of esters is 3. The third-order valence-electron chi connectivity index (χ3n) is 12.6. The maximum atomic E-state index is 13.1. The van der Waals surface area contributed by atoms with E-state index in [0.717, 1.165) is 122 Å². The summed E-state index contributed by atoms with van der Waals surface area (Å²) in [5, 5.41) is 31.4. The minimum atomic E-state index is -1.91. The van der Waals surface area contributed by atoms with Gasteiger partial charge in [0.2, 0.25) is 0 Å². The SMILES string of the molecule is CC/C=C\C/C=C\C/C=C\C/C=C\CCCCCCCCC(=O)OC1C(OCC(COC(=O)CCCCCCC/C=C\CCCC)OC(=O)CCCCCCCCCCCCC)OC(C(=O)O)C(O)C1O. The number of aliphatic hydroxyl groups is 2. The lowest BCUT2D eigenvalue weighted by Crippen LogP contribution is -2.61. The van der Waals surface area contributed by atoms with Crippen molar-refractivity contribution < 1.29 is 58.2 Å². The highest BCUT2D eigenvalue weighted by Crippen LogP contribution is 2.26. The Morgan fingerprint density at radius 3 is 1.41 bits per heavy atom. The van der Waals surface area contributed by atoms with Crippen LogP contribution < -0.4 is 0 Å². The average Bonchev–Trinajstić information content (AvgIpc) is 3.35. The molecule has 1 fully saturated rings. The smallest absolute Gasteiger partial charge is 0.335 e. The van der Waals surface area contributed by atoms with Gasteiger partial charge in [0.1, 0.15) is 18.8 Å². The first kappa shape index (κ1) is 65.4. The molecule has 6 atom stereocenters. The van der Waals surface area contributed by atoms with E-state index in [1.807, 2.05) is 0 Å². The first-order valence-corrected chi connectivity index (χ1v) is 28.3. The highest BCUT2D eigenvalue weighted by Gasteiger charge is 2.50. The summed E-state index contributed by atoms with van der Waals surface area (Å²) in [5.41, 5.74) is 0. The van der Waals surface area contributed by atoms with Crippen LogP contribution in [0.2, 0.25) is 0 Å². The van der Waals surface area contributed by atoms with Gasteiger partial charge in [-0.15, -0.1) is 0 Å². The number of carbonyl (C=O) groups is 4. The van der Waals surface area contributed by atoms with E-state index in [1.54, 1.807) is 0 Å². The second kappa shape index (κ2) is 47.4. The van der Waals surface area contributed by atoms with Crippen molar-refractivity contribution in [3.05, 3.63) is 60.8 Å². The van der Waals surface area contributed by atoms with Crippen molar-refractivity contribution in [3.8, 4) is 0 Å². The maximum absolute atomic E-state index is 13.1. The molecule has 1 aliphatic heterocycles. The Morgan fingerprint density at radius 1 is 0.479 bits per heavy atom. The quantitative estimate of drug-likeness (QED) is 0.0228. The second-order valence-corrected chi connectivity index (χ2v) is 19.2. The third-order valence-corrected chi connectivity index (χ3v) is 12.6. The fraction of sp³-hybridized carbons (Fsp3) is 0.763. The molecule has 0 aromatic rings. The van der Waals surface area contributed by atoms with Crippen molar-refractivity contribution in [1.29, 1.82) is 0 Å². The molecule has 71 heavy (non-hydrogen) atoms. The van der Waals surface area contributed by atoms with E-state index in [2.05, 4.69) is 81.5 Å². The Morgan fingerprint density at radius 2 is 0.901 bits per heavy atom. The molecule has 0 saturated carbocycles. The van der Waals surface area contributed by atoms with Gasteiger partial charge in [-0.2, -0.15) is 0 Å². The zero-order chi connectivity index (χ0) is 51.8. The summed E-state index contributed by atoms with van der Waals surface area (Å²) >= 11 is 0. The molecule has 0 spiro atoms. The monoisotopic (exact) mass is 1000 g/mol. The summed E-state index contributed by atoms with van der Waals surface area (Å²) in [6.07, 6.45) is 44.8. The van der Waals surface area contributed by atoms with Crippen LogP contribution in [0.3, 0.4) is 0 Å². The summed E-state index contributed by atoms with van der Waals surface area (Å²) in [7, 11) is 0. The van der Waals surface area contributed by atoms with Crippen LogP contribution in [0, 0.1) is 0 Å². The van der Waals surface area contributed by atoms with Crippen molar-refractivity contribution >= 4 is 23.9 Å². The van der Waals surface area contributed by atoms with Crippen LogP contribution in [0.4, 0.5) is 0 Å². The van der Waals surface area contributed by atoms with E-state index in [-0.39, 0.29) is 25.9 Å². The molecule has 408 valence electrons. The lowest BCUT2D eigenvalue weighted by molar-refractivity contribution is -0.301. The van der Waals surface area contributed by atoms with E-state index in [9.17, 15) is 34.5 Å². The molecule has 0 amide bonds. The summed E-state index contributed by atoms with van der Waals surface area (Å²) < 4.78 is 28.3. The number of ether oxygens (including phenoxy) is 5. The molecule has 0 bridgehead atoms. The van der Waals surface area contributed by atoms with E-state index in [0.29, 0.717) is 19.3 Å². The Hall–Kier alpha value is -3.58. The summed E-state index contributed by atoms with van der Waals surface area (Å²) in [4.78, 5) is 50.9. The lowest BCUT2D eigenvalue weighted by Gasteiger charge is -2.40. The van der Waals surface area contributed by atoms with Gasteiger partial charge in [-0.25, -0.2) is 4.79 Å². The van der Waals surface area contributed by atoms with E-state index >= 15 is 0 Å². The van der Waals surface area contributed by atoms with Gasteiger partial charge in [0.05, 0.1) is 6.61 Å². The van der Waals surface area contributed by atoms with Crippen LogP contribution in [0.5, 0.6) is 0 Å². The summed E-state index contributed by atoms with van der Waals surface area (Å²) in [6, 6.07) is 0. The average molecular weight is 1000 g/mol. The Kier molecular flexibility index (Phi) is 43.7. The van der Waals surface area contributed by atoms with Gasteiger partial charge in [0, 0.05) is 19.3 Å². The molecule has 3 N–H and O–H groups in total. The van der Waals surface area contributed by atoms with Gasteiger partial charge >= 0.3 is 23.9 Å². The zero-order valence-electron chi connectivity index (χ0n) is 44.7. The predicted molar refractivity (Wildman–Crippen MR) is 285 cm³/mol. The number of allylic oxidation sites excluding steroid dienone is 10. The molecule has 0 aromatic carbocycles. The van der Waals surface area contributed by atoms with Crippen molar-refractivity contribution in [3.63, 3.8) is 0 Å². The number of carboxylic acid groups (broad SMARTS) is 1. The van der Waals surface area contributed by atoms with E-state index in [1.165, 1.54) is 57.8 Å². The van der Waals surface area contributed by atoms with Crippen molar-refractivity contribution in [2.24, 2.45) is 0 Å². The molecule has 0 aliphatic carbocycles. The molecule has 1 heterocycles. The molecular weight excluding hydrogens is 901 g/mol. The number of aliphatic hydroxyl groups excluding tert-OH is 2. The van der Waals surface area contributed by atoms with Gasteiger partial charge in [0.15, 0.2) is 24.6 Å². The van der Waals surface area contributed by atoms with Crippen LogP contribution in [0.1, 0.15) is 239 Å². The molecule has 1 aliphatic rings. The molecule has 1 rings (SSSR count). The number of aliphatic carboxylic acids is 1. The Labute approximate surface area is 430 Å². The third kappa shape index (κ3) is 37.8. The van der Waals surface area contributed by atoms with Crippen LogP contribution in [0.15, 0.2) is 60.8 Å². The van der Waals surface area contributed by atoms with Gasteiger partial charge < -0.3 is 39.0 Å². The second-order valence-electron chi connectivity index (χ2n) is 19.2. The molecule has 12 nitrogen and oxygen atoms in total. The van der Waals surface area contributed by atoms with Crippen molar-refractivity contribution in [2.45, 2.75) is 276 Å². The molecule has 1 saturated heterocycles. The fourth-order valence-electron chi connectivity index (χ4n) is 8.22. The van der Waals surface area contributed by atoms with Crippen molar-refractivity contribution in [1.82, 2.24) is 0 Å². The topological polar surface area (TPSA) is 175 Å². The molecule has 6 unspecified atom stereocenters. The predicted octanol–water partition coefficient (Wildman–Crippen LogP) is 14.0. The largest absolute Gasteiger partial charge is 0.479 e. The Bertz CT molecular complexity index is 1470. The summed E-state index contributed by atoms with van der Waals surface area (Å²) in [5.74, 6) is -3.14. The Balaban J connectivity index is 2.68. The molecule has 0 aromatic heterocycles. The number of hydrogen-bond acceptors (Lipinski definition) is 11. The van der Waals surface area contributed by atoms with E-state index < -0.39 is 67.3 Å². The zero-order valence-corrected chi connectivity index (χ0v) is 44.7. The summed E-state index contributed by atoms with van der Waals surface area (Å²) in [6.45, 7) is 5.81. The first-order chi connectivity index (χ1) is 34.6. The van der Waals surface area contributed by atoms with Gasteiger partial charge in [-0.1, -0.05) is 204 Å². The van der Waals surface area contributed by atoms with Crippen LogP contribution >= 0.6 is 0 Å². The fourth-order valence-corrected chi connectivity index (χ4v) is 8.22. The van der Waals surface area contributed by atoms with Gasteiger partial charge in [-0.3, -0.25) is 14.4 Å². The molecule has 0 radical (unpaired) electrons. The molecular formula is C59H100O12. The minimum absolute atomic E-state index is 0.0437. The van der Waals surface area contributed by atoms with Crippen molar-refractivity contribution in [2.75, 3.05) is 13.2 Å². The normalized spacial score (nSPS) is 18.9. The number of hydrogen-bond donors (Lipinski definition) is 3. The highest BCUT2D eigenvalue weighted by molar-refractivity contribution is 5.74. The van der Waals surface area contributed by atoms with Crippen LogP contribution in [-0.4, -0.2) is 89.2 Å². The van der Waals surface area contributed by atoms with Crippen LogP contribution in [-0.2, 0) is 42.9 Å². The molecule has 12 heteroatoms. The maximum Gasteiger partial charge on any atom is 0.335 e. The van der Waals surface area contributed by atoms with Gasteiger partial charge in [0.25, 0.3) is 0 Å². The number of carboxylic acids is 1. The number of carbonyl (C=O) groups excluding carboxylic acids is 3. The number of unbranched alkanes of at least 4 members (excludes halogenated alkanes) is 23. The number of rotatable bonds is 47. The lowest BCUT2D eigenvalue weighted by atomic mass is 9.98. The van der Waals surface area contributed by atoms with Gasteiger partial charge in [-0.05, 0) is 77.0 Å². The standard InChI is InChI=1S/C59H100O12/c1-4-7-10-13-16-19-22-23-24-25-26-27-28-29-32-35-38-41-44-47-53(62)70-57-55(64)54(63)56(58(65)66)71-59(57)68-49-50(69-52(61)46-43-40-37-34-31-21-18-15-12-9-6-3)48-67-51(60)45-42-39-36-33-30-20-17-14-11-8-5-2/h7,10,14,16-17,19,23-24,26-27,50,54-57,59,63-64H,4-6,8-9,11-13,15,18,20-22,25,28-49H2,1-3H3,(H,65,66)/b10-7-,17-14-,19-16-,24-23-,27-26-.